The maximum absolute atomic E-state index is 11.1. The molecule has 1 aliphatic carbocycles. The highest BCUT2D eigenvalue weighted by molar-refractivity contribution is 5.64. The number of aryl methyl sites for hydroxylation is 1. The smallest absolute Gasteiger partial charge is 0.295 e. The third kappa shape index (κ3) is 3.44. The predicted molar refractivity (Wildman–Crippen MR) is 74.3 cm³/mol. The molecule has 0 bridgehead atoms. The molecule has 0 heterocycles. The van der Waals surface area contributed by atoms with Crippen molar-refractivity contribution in [2.24, 2.45) is 5.92 Å². The Morgan fingerprint density at radius 2 is 2.26 bits per heavy atom. The second-order valence-electron chi connectivity index (χ2n) is 5.30. The largest absolute Gasteiger partial charge is 0.393 e. The summed E-state index contributed by atoms with van der Waals surface area (Å²) in [6.45, 7) is 2.43. The predicted octanol–water partition coefficient (Wildman–Crippen LogP) is 2.87. The number of para-hydroxylation sites is 1. The highest BCUT2D eigenvalue weighted by atomic mass is 16.6. The summed E-state index contributed by atoms with van der Waals surface area (Å²) in [5, 5.41) is 23.9. The number of aliphatic hydroxyl groups excluding tert-OH is 1. The van der Waals surface area contributed by atoms with Gasteiger partial charge in [0.05, 0.1) is 11.0 Å². The van der Waals surface area contributed by atoms with Gasteiger partial charge in [-0.1, -0.05) is 18.6 Å². The van der Waals surface area contributed by atoms with Crippen molar-refractivity contribution in [3.05, 3.63) is 33.9 Å². The van der Waals surface area contributed by atoms with Crippen LogP contribution >= 0.6 is 0 Å². The zero-order valence-electron chi connectivity index (χ0n) is 11.1. The summed E-state index contributed by atoms with van der Waals surface area (Å²) >= 11 is 0. The first kappa shape index (κ1) is 13.8. The summed E-state index contributed by atoms with van der Waals surface area (Å²) in [6.07, 6.45) is 3.55. The Morgan fingerprint density at radius 3 is 2.95 bits per heavy atom. The molecule has 0 spiro atoms. The van der Waals surface area contributed by atoms with Crippen LogP contribution in [0.1, 0.15) is 31.2 Å². The van der Waals surface area contributed by atoms with Crippen molar-refractivity contribution < 1.29 is 10.0 Å². The molecule has 1 aromatic carbocycles. The molecule has 1 saturated carbocycles. The van der Waals surface area contributed by atoms with E-state index in [0.717, 1.165) is 25.7 Å². The summed E-state index contributed by atoms with van der Waals surface area (Å²) < 4.78 is 0. The number of aliphatic hydroxyl groups is 1. The van der Waals surface area contributed by atoms with Crippen molar-refractivity contribution in [3.8, 4) is 0 Å². The third-order valence-electron chi connectivity index (χ3n) is 3.76. The van der Waals surface area contributed by atoms with Crippen molar-refractivity contribution >= 4 is 11.4 Å². The number of anilines is 1. The van der Waals surface area contributed by atoms with Crippen molar-refractivity contribution in [2.75, 3.05) is 11.9 Å². The summed E-state index contributed by atoms with van der Waals surface area (Å²) in [5.41, 5.74) is 1.39. The average molecular weight is 264 g/mol. The van der Waals surface area contributed by atoms with Gasteiger partial charge in [0.1, 0.15) is 5.69 Å². The third-order valence-corrected chi connectivity index (χ3v) is 3.76. The minimum Gasteiger partial charge on any atom is -0.393 e. The van der Waals surface area contributed by atoms with E-state index in [4.69, 9.17) is 0 Å². The number of nitro groups is 1. The molecule has 0 aromatic heterocycles. The van der Waals surface area contributed by atoms with Gasteiger partial charge < -0.3 is 10.4 Å². The van der Waals surface area contributed by atoms with E-state index in [2.05, 4.69) is 5.32 Å². The maximum atomic E-state index is 11.1. The molecule has 5 heteroatoms. The van der Waals surface area contributed by atoms with Gasteiger partial charge in [0.2, 0.25) is 0 Å². The molecule has 19 heavy (non-hydrogen) atoms. The Balaban J connectivity index is 2.03. The van der Waals surface area contributed by atoms with E-state index in [1.807, 2.05) is 6.07 Å². The van der Waals surface area contributed by atoms with E-state index in [9.17, 15) is 15.2 Å². The van der Waals surface area contributed by atoms with Gasteiger partial charge in [-0.15, -0.1) is 0 Å². The van der Waals surface area contributed by atoms with Crippen LogP contribution in [-0.4, -0.2) is 22.7 Å². The number of benzene rings is 1. The van der Waals surface area contributed by atoms with E-state index in [1.165, 1.54) is 0 Å². The van der Waals surface area contributed by atoms with Crippen LogP contribution < -0.4 is 5.32 Å². The molecule has 5 nitrogen and oxygen atoms in total. The highest BCUT2D eigenvalue weighted by Gasteiger charge is 2.22. The fourth-order valence-electron chi connectivity index (χ4n) is 2.75. The van der Waals surface area contributed by atoms with Crippen LogP contribution in [-0.2, 0) is 0 Å². The molecule has 1 fully saturated rings. The van der Waals surface area contributed by atoms with Gasteiger partial charge in [-0.3, -0.25) is 10.1 Å². The fraction of sp³-hybridized carbons (Fsp3) is 0.571. The molecule has 1 aliphatic rings. The van der Waals surface area contributed by atoms with Crippen LogP contribution in [0.25, 0.3) is 0 Å². The van der Waals surface area contributed by atoms with E-state index in [-0.39, 0.29) is 16.7 Å². The Bertz CT molecular complexity index is 462. The molecule has 0 saturated heterocycles. The number of hydrogen-bond donors (Lipinski definition) is 2. The SMILES string of the molecule is Cc1cccc(NCC2CCCC(O)C2)c1[N+](=O)[O-]. The van der Waals surface area contributed by atoms with Gasteiger partial charge in [0.15, 0.2) is 0 Å². The molecule has 104 valence electrons. The summed E-state index contributed by atoms with van der Waals surface area (Å²) in [6, 6.07) is 5.30. The van der Waals surface area contributed by atoms with Gasteiger partial charge in [-0.05, 0) is 38.2 Å². The first-order chi connectivity index (χ1) is 9.08. The lowest BCUT2D eigenvalue weighted by molar-refractivity contribution is -0.384. The minimum atomic E-state index is -0.340. The van der Waals surface area contributed by atoms with Crippen LogP contribution in [0.15, 0.2) is 18.2 Å². The maximum Gasteiger partial charge on any atom is 0.295 e. The lowest BCUT2D eigenvalue weighted by atomic mass is 9.87. The standard InChI is InChI=1S/C14H20N2O3/c1-10-4-2-7-13(14(10)16(18)19)15-9-11-5-3-6-12(17)8-11/h2,4,7,11-12,15,17H,3,5-6,8-9H2,1H3. The molecule has 2 rings (SSSR count). The number of nitrogens with zero attached hydrogens (tertiary/aromatic N) is 1. The highest BCUT2D eigenvalue weighted by Crippen LogP contribution is 2.30. The Morgan fingerprint density at radius 1 is 1.47 bits per heavy atom. The van der Waals surface area contributed by atoms with E-state index in [0.29, 0.717) is 23.7 Å². The van der Waals surface area contributed by atoms with Crippen molar-refractivity contribution in [2.45, 2.75) is 38.7 Å². The Kier molecular flexibility index (Phi) is 4.37. The van der Waals surface area contributed by atoms with Gasteiger partial charge in [0, 0.05) is 12.1 Å². The first-order valence-corrected chi connectivity index (χ1v) is 6.74. The molecule has 1 aromatic rings. The lowest BCUT2D eigenvalue weighted by Crippen LogP contribution is -2.25. The molecular weight excluding hydrogens is 244 g/mol. The molecule has 2 unspecified atom stereocenters. The zero-order chi connectivity index (χ0) is 13.8. The summed E-state index contributed by atoms with van der Waals surface area (Å²) in [4.78, 5) is 10.7. The van der Waals surface area contributed by atoms with Gasteiger partial charge in [-0.25, -0.2) is 0 Å². The van der Waals surface area contributed by atoms with Gasteiger partial charge in [0.25, 0.3) is 5.69 Å². The molecule has 0 aliphatic heterocycles. The van der Waals surface area contributed by atoms with Gasteiger partial charge in [-0.2, -0.15) is 0 Å². The normalized spacial score (nSPS) is 23.1. The molecular formula is C14H20N2O3. The lowest BCUT2D eigenvalue weighted by Gasteiger charge is -2.26. The molecule has 2 atom stereocenters. The van der Waals surface area contributed by atoms with Crippen LogP contribution in [0.3, 0.4) is 0 Å². The van der Waals surface area contributed by atoms with Crippen LogP contribution in [0.2, 0.25) is 0 Å². The van der Waals surface area contributed by atoms with Crippen molar-refractivity contribution in [3.63, 3.8) is 0 Å². The van der Waals surface area contributed by atoms with Crippen molar-refractivity contribution in [1.29, 1.82) is 0 Å². The van der Waals surface area contributed by atoms with Gasteiger partial charge >= 0.3 is 0 Å². The average Bonchev–Trinajstić information content (AvgIpc) is 2.36. The number of rotatable bonds is 4. The Hall–Kier alpha value is -1.62. The number of nitrogens with one attached hydrogen (secondary N) is 1. The van der Waals surface area contributed by atoms with Crippen LogP contribution in [0.4, 0.5) is 11.4 Å². The quantitative estimate of drug-likeness (QED) is 0.647. The zero-order valence-corrected chi connectivity index (χ0v) is 11.1. The Labute approximate surface area is 112 Å². The number of hydrogen-bond acceptors (Lipinski definition) is 4. The molecule has 0 amide bonds. The topological polar surface area (TPSA) is 75.4 Å². The second kappa shape index (κ2) is 6.02. The second-order valence-corrected chi connectivity index (χ2v) is 5.30. The molecule has 0 radical (unpaired) electrons. The first-order valence-electron chi connectivity index (χ1n) is 6.74. The number of nitro benzene ring substituents is 1. The van der Waals surface area contributed by atoms with Crippen LogP contribution in [0.5, 0.6) is 0 Å². The van der Waals surface area contributed by atoms with E-state index in [1.54, 1.807) is 19.1 Å². The van der Waals surface area contributed by atoms with E-state index < -0.39 is 0 Å². The fourth-order valence-corrected chi connectivity index (χ4v) is 2.75. The summed E-state index contributed by atoms with van der Waals surface area (Å²) in [5.74, 6) is 0.392. The van der Waals surface area contributed by atoms with Crippen LogP contribution in [0, 0.1) is 23.0 Å². The molecule has 2 N–H and O–H groups in total. The van der Waals surface area contributed by atoms with Crippen molar-refractivity contribution in [1.82, 2.24) is 0 Å². The van der Waals surface area contributed by atoms with E-state index >= 15 is 0 Å². The monoisotopic (exact) mass is 264 g/mol. The minimum absolute atomic E-state index is 0.152. The summed E-state index contributed by atoms with van der Waals surface area (Å²) in [7, 11) is 0.